The zero-order chi connectivity index (χ0) is 15.1. The quantitative estimate of drug-likeness (QED) is 0.768. The van der Waals surface area contributed by atoms with E-state index >= 15 is 0 Å². The van der Waals surface area contributed by atoms with Gasteiger partial charge in [0.15, 0.2) is 0 Å². The van der Waals surface area contributed by atoms with Crippen LogP contribution in [0, 0.1) is 0 Å². The molecule has 0 radical (unpaired) electrons. The van der Waals surface area contributed by atoms with Crippen LogP contribution in [0.1, 0.15) is 26.2 Å². The molecule has 112 valence electrons. The molecule has 0 bridgehead atoms. The number of unbranched alkanes of at least 4 members (excludes halogenated alkanes) is 2. The first-order valence-corrected chi connectivity index (χ1v) is 7.22. The number of hydrogen-bond donors (Lipinski definition) is 2. The molecule has 0 atom stereocenters. The van der Waals surface area contributed by atoms with Gasteiger partial charge >= 0.3 is 0 Å². The van der Waals surface area contributed by atoms with Crippen LogP contribution in [0.25, 0.3) is 11.3 Å². The Morgan fingerprint density at radius 3 is 2.67 bits per heavy atom. The molecule has 0 aliphatic rings. The summed E-state index contributed by atoms with van der Waals surface area (Å²) in [6, 6.07) is 8.99. The summed E-state index contributed by atoms with van der Waals surface area (Å²) in [7, 11) is 1.62. The maximum Gasteiger partial charge on any atom is 0.252 e. The molecule has 1 aromatic carbocycles. The van der Waals surface area contributed by atoms with Gasteiger partial charge in [0.2, 0.25) is 5.95 Å². The van der Waals surface area contributed by atoms with Crippen molar-refractivity contribution >= 4 is 5.95 Å². The SMILES string of the molecule is CCCCCNc1nc(-c2ccc(OC)cc2)cc(=O)[nH]1. The van der Waals surface area contributed by atoms with Gasteiger partial charge in [0, 0.05) is 18.2 Å². The van der Waals surface area contributed by atoms with E-state index in [4.69, 9.17) is 4.74 Å². The lowest BCUT2D eigenvalue weighted by Gasteiger charge is -2.07. The number of hydrogen-bond acceptors (Lipinski definition) is 4. The van der Waals surface area contributed by atoms with Crippen LogP contribution < -0.4 is 15.6 Å². The van der Waals surface area contributed by atoms with Crippen molar-refractivity contribution < 1.29 is 4.74 Å². The second kappa shape index (κ2) is 7.47. The topological polar surface area (TPSA) is 67.0 Å². The summed E-state index contributed by atoms with van der Waals surface area (Å²) in [5.41, 5.74) is 1.38. The Balaban J connectivity index is 2.15. The van der Waals surface area contributed by atoms with Crippen LogP contribution in [-0.4, -0.2) is 23.6 Å². The Morgan fingerprint density at radius 2 is 2.00 bits per heavy atom. The average molecular weight is 287 g/mol. The molecule has 1 heterocycles. The minimum absolute atomic E-state index is 0.159. The molecule has 5 nitrogen and oxygen atoms in total. The highest BCUT2D eigenvalue weighted by atomic mass is 16.5. The molecule has 0 aliphatic carbocycles. The number of methoxy groups -OCH3 is 1. The molecule has 0 spiro atoms. The Morgan fingerprint density at radius 1 is 1.24 bits per heavy atom. The van der Waals surface area contributed by atoms with Crippen LogP contribution in [0.3, 0.4) is 0 Å². The van der Waals surface area contributed by atoms with Crippen molar-refractivity contribution in [3.63, 3.8) is 0 Å². The molecule has 2 N–H and O–H groups in total. The van der Waals surface area contributed by atoms with Gasteiger partial charge in [0.1, 0.15) is 5.75 Å². The van der Waals surface area contributed by atoms with E-state index in [1.165, 1.54) is 6.07 Å². The summed E-state index contributed by atoms with van der Waals surface area (Å²) in [5, 5.41) is 3.16. The first-order valence-electron chi connectivity index (χ1n) is 7.22. The summed E-state index contributed by atoms with van der Waals surface area (Å²) >= 11 is 0. The number of aromatic nitrogens is 2. The maximum absolute atomic E-state index is 11.7. The van der Waals surface area contributed by atoms with E-state index in [1.54, 1.807) is 7.11 Å². The number of benzene rings is 1. The van der Waals surface area contributed by atoms with E-state index in [-0.39, 0.29) is 5.56 Å². The van der Waals surface area contributed by atoms with Gasteiger partial charge in [0.05, 0.1) is 12.8 Å². The number of nitrogens with zero attached hydrogens (tertiary/aromatic N) is 1. The summed E-state index contributed by atoms with van der Waals surface area (Å²) in [6.45, 7) is 2.97. The van der Waals surface area contributed by atoms with E-state index in [0.717, 1.165) is 37.1 Å². The van der Waals surface area contributed by atoms with Crippen molar-refractivity contribution in [1.29, 1.82) is 0 Å². The second-order valence-corrected chi connectivity index (χ2v) is 4.84. The molecule has 5 heteroatoms. The van der Waals surface area contributed by atoms with Crippen molar-refractivity contribution in [2.75, 3.05) is 19.0 Å². The fourth-order valence-corrected chi connectivity index (χ4v) is 2.03. The molecule has 2 aromatic rings. The van der Waals surface area contributed by atoms with Crippen LogP contribution in [-0.2, 0) is 0 Å². The molecule has 0 amide bonds. The molecular formula is C16H21N3O2. The van der Waals surface area contributed by atoms with Gasteiger partial charge in [-0.1, -0.05) is 19.8 Å². The average Bonchev–Trinajstić information content (AvgIpc) is 2.51. The van der Waals surface area contributed by atoms with Crippen molar-refractivity contribution in [1.82, 2.24) is 9.97 Å². The van der Waals surface area contributed by atoms with Crippen molar-refractivity contribution in [3.8, 4) is 17.0 Å². The number of ether oxygens (including phenoxy) is 1. The highest BCUT2D eigenvalue weighted by Crippen LogP contribution is 2.20. The van der Waals surface area contributed by atoms with Crippen LogP contribution >= 0.6 is 0 Å². The van der Waals surface area contributed by atoms with Gasteiger partial charge in [-0.15, -0.1) is 0 Å². The minimum Gasteiger partial charge on any atom is -0.497 e. The molecule has 2 rings (SSSR count). The summed E-state index contributed by atoms with van der Waals surface area (Å²) < 4.78 is 5.13. The fourth-order valence-electron chi connectivity index (χ4n) is 2.03. The van der Waals surface area contributed by atoms with Gasteiger partial charge in [-0.05, 0) is 30.7 Å². The standard InChI is InChI=1S/C16H21N3O2/c1-3-4-5-10-17-16-18-14(11-15(20)19-16)12-6-8-13(21-2)9-7-12/h6-9,11H,3-5,10H2,1-2H3,(H2,17,18,19,20). The van der Waals surface area contributed by atoms with Gasteiger partial charge in [-0.2, -0.15) is 0 Å². The van der Waals surface area contributed by atoms with Crippen LogP contribution in [0.4, 0.5) is 5.95 Å². The highest BCUT2D eigenvalue weighted by Gasteiger charge is 2.04. The smallest absolute Gasteiger partial charge is 0.252 e. The van der Waals surface area contributed by atoms with Gasteiger partial charge in [-0.25, -0.2) is 4.98 Å². The van der Waals surface area contributed by atoms with Gasteiger partial charge < -0.3 is 10.1 Å². The molecular weight excluding hydrogens is 266 g/mol. The van der Waals surface area contributed by atoms with Crippen LogP contribution in [0.15, 0.2) is 35.1 Å². The maximum atomic E-state index is 11.7. The predicted octanol–water partition coefficient (Wildman–Crippen LogP) is 3.05. The highest BCUT2D eigenvalue weighted by molar-refractivity contribution is 5.60. The second-order valence-electron chi connectivity index (χ2n) is 4.84. The molecule has 0 saturated carbocycles. The van der Waals surface area contributed by atoms with E-state index < -0.39 is 0 Å². The lowest BCUT2D eigenvalue weighted by Crippen LogP contribution is -2.13. The summed E-state index contributed by atoms with van der Waals surface area (Å²) in [5.74, 6) is 1.30. The largest absolute Gasteiger partial charge is 0.497 e. The molecule has 1 aromatic heterocycles. The van der Waals surface area contributed by atoms with Crippen LogP contribution in [0.5, 0.6) is 5.75 Å². The number of rotatable bonds is 7. The number of H-pyrrole nitrogens is 1. The summed E-state index contributed by atoms with van der Waals surface area (Å²) in [6.07, 6.45) is 3.39. The molecule has 0 unspecified atom stereocenters. The minimum atomic E-state index is -0.159. The van der Waals surface area contributed by atoms with E-state index in [0.29, 0.717) is 11.6 Å². The monoisotopic (exact) mass is 287 g/mol. The Bertz CT molecular complexity index is 620. The number of anilines is 1. The number of aromatic amines is 1. The summed E-state index contributed by atoms with van der Waals surface area (Å²) in [4.78, 5) is 18.9. The zero-order valence-electron chi connectivity index (χ0n) is 12.5. The lowest BCUT2D eigenvalue weighted by atomic mass is 10.1. The number of nitrogens with one attached hydrogen (secondary N) is 2. The van der Waals surface area contributed by atoms with E-state index in [9.17, 15) is 4.79 Å². The van der Waals surface area contributed by atoms with E-state index in [1.807, 2.05) is 24.3 Å². The molecule has 0 aliphatic heterocycles. The first kappa shape index (κ1) is 15.1. The molecule has 21 heavy (non-hydrogen) atoms. The normalized spacial score (nSPS) is 10.4. The molecule has 0 fully saturated rings. The Labute approximate surface area is 124 Å². The third-order valence-electron chi connectivity index (χ3n) is 3.20. The van der Waals surface area contributed by atoms with Crippen molar-refractivity contribution in [2.24, 2.45) is 0 Å². The van der Waals surface area contributed by atoms with Gasteiger partial charge in [-0.3, -0.25) is 9.78 Å². The Kier molecular flexibility index (Phi) is 5.37. The zero-order valence-corrected chi connectivity index (χ0v) is 12.5. The molecule has 0 saturated heterocycles. The third kappa shape index (κ3) is 4.34. The third-order valence-corrected chi connectivity index (χ3v) is 3.20. The Hall–Kier alpha value is -2.30. The van der Waals surface area contributed by atoms with Crippen molar-refractivity contribution in [3.05, 3.63) is 40.7 Å². The predicted molar refractivity (Wildman–Crippen MR) is 84.9 cm³/mol. The van der Waals surface area contributed by atoms with Crippen molar-refractivity contribution in [2.45, 2.75) is 26.2 Å². The van der Waals surface area contributed by atoms with Gasteiger partial charge in [0.25, 0.3) is 5.56 Å². The lowest BCUT2D eigenvalue weighted by molar-refractivity contribution is 0.415. The van der Waals surface area contributed by atoms with Crippen LogP contribution in [0.2, 0.25) is 0 Å². The first-order chi connectivity index (χ1) is 10.2. The van der Waals surface area contributed by atoms with E-state index in [2.05, 4.69) is 22.2 Å². The fraction of sp³-hybridized carbons (Fsp3) is 0.375.